The van der Waals surface area contributed by atoms with Gasteiger partial charge in [-0.1, -0.05) is 6.92 Å². The molecule has 1 saturated heterocycles. The molecule has 14 heavy (non-hydrogen) atoms. The summed E-state index contributed by atoms with van der Waals surface area (Å²) in [6, 6.07) is 0. The Balaban J connectivity index is 2.13. The molecule has 0 bridgehead atoms. The van der Waals surface area contributed by atoms with Gasteiger partial charge in [0.25, 0.3) is 0 Å². The fraction of sp³-hybridized carbons (Fsp3) is 0.909. The first-order valence-electron chi connectivity index (χ1n) is 5.70. The van der Waals surface area contributed by atoms with Crippen LogP contribution in [0.4, 0.5) is 0 Å². The highest BCUT2D eigenvalue weighted by atomic mass is 16.2. The van der Waals surface area contributed by atoms with Gasteiger partial charge in [-0.05, 0) is 32.4 Å². The van der Waals surface area contributed by atoms with Crippen molar-refractivity contribution in [1.82, 2.24) is 9.80 Å². The molecular weight excluding hydrogens is 176 g/mol. The molecule has 0 aromatic rings. The first-order chi connectivity index (χ1) is 6.74. The van der Waals surface area contributed by atoms with Crippen LogP contribution in [-0.2, 0) is 4.79 Å². The van der Waals surface area contributed by atoms with E-state index >= 15 is 0 Å². The molecule has 1 amide bonds. The Morgan fingerprint density at radius 3 is 2.57 bits per heavy atom. The van der Waals surface area contributed by atoms with Gasteiger partial charge in [0.05, 0.1) is 0 Å². The number of carbonyl (C=O) groups is 1. The lowest BCUT2D eigenvalue weighted by atomic mass is 10.3. The third kappa shape index (κ3) is 3.66. The molecule has 0 radical (unpaired) electrons. The van der Waals surface area contributed by atoms with E-state index in [1.54, 1.807) is 0 Å². The van der Waals surface area contributed by atoms with Crippen molar-refractivity contribution in [1.29, 1.82) is 0 Å². The summed E-state index contributed by atoms with van der Waals surface area (Å²) in [5, 5.41) is 0. The van der Waals surface area contributed by atoms with Crippen LogP contribution in [0.1, 0.15) is 32.6 Å². The van der Waals surface area contributed by atoms with E-state index < -0.39 is 0 Å². The van der Waals surface area contributed by atoms with Crippen LogP contribution in [0.25, 0.3) is 0 Å². The van der Waals surface area contributed by atoms with Gasteiger partial charge in [-0.2, -0.15) is 0 Å². The zero-order chi connectivity index (χ0) is 10.4. The normalized spacial score (nSPS) is 17.3. The number of hydrogen-bond acceptors (Lipinski definition) is 2. The molecule has 82 valence electrons. The quantitative estimate of drug-likeness (QED) is 0.665. The van der Waals surface area contributed by atoms with Crippen LogP contribution >= 0.6 is 0 Å². The molecule has 0 atom stereocenters. The van der Waals surface area contributed by atoms with Crippen molar-refractivity contribution in [2.24, 2.45) is 0 Å². The number of likely N-dealkylation sites (tertiary alicyclic amines) is 1. The van der Waals surface area contributed by atoms with Crippen LogP contribution in [0.3, 0.4) is 0 Å². The summed E-state index contributed by atoms with van der Waals surface area (Å²) in [5.41, 5.74) is 0. The van der Waals surface area contributed by atoms with Gasteiger partial charge >= 0.3 is 0 Å². The van der Waals surface area contributed by atoms with Gasteiger partial charge in [0.1, 0.15) is 0 Å². The SMILES string of the molecule is CCCC(=O)N(C)CCN1CCCC1. The Labute approximate surface area is 87.1 Å². The number of rotatable bonds is 5. The Morgan fingerprint density at radius 2 is 2.00 bits per heavy atom. The summed E-state index contributed by atoms with van der Waals surface area (Å²) in [6.07, 6.45) is 4.29. The number of hydrogen-bond donors (Lipinski definition) is 0. The van der Waals surface area contributed by atoms with Crippen molar-refractivity contribution in [3.05, 3.63) is 0 Å². The maximum atomic E-state index is 11.5. The van der Waals surface area contributed by atoms with Gasteiger partial charge < -0.3 is 9.80 Å². The van der Waals surface area contributed by atoms with Crippen molar-refractivity contribution in [2.45, 2.75) is 32.6 Å². The van der Waals surface area contributed by atoms with Crippen LogP contribution in [0.15, 0.2) is 0 Å². The lowest BCUT2D eigenvalue weighted by molar-refractivity contribution is -0.130. The predicted molar refractivity (Wildman–Crippen MR) is 58.2 cm³/mol. The van der Waals surface area contributed by atoms with Crippen LogP contribution in [0.5, 0.6) is 0 Å². The smallest absolute Gasteiger partial charge is 0.222 e. The van der Waals surface area contributed by atoms with Gasteiger partial charge in [-0.3, -0.25) is 4.79 Å². The van der Waals surface area contributed by atoms with E-state index in [-0.39, 0.29) is 5.91 Å². The Morgan fingerprint density at radius 1 is 1.36 bits per heavy atom. The van der Waals surface area contributed by atoms with Gasteiger partial charge in [0.2, 0.25) is 5.91 Å². The Bertz CT molecular complexity index is 176. The lowest BCUT2D eigenvalue weighted by Crippen LogP contribution is -2.35. The molecule has 1 rings (SSSR count). The molecular formula is C11H22N2O. The van der Waals surface area contributed by atoms with E-state index in [9.17, 15) is 4.79 Å². The molecule has 0 aromatic heterocycles. The molecule has 0 spiro atoms. The van der Waals surface area contributed by atoms with Crippen molar-refractivity contribution < 1.29 is 4.79 Å². The van der Waals surface area contributed by atoms with Crippen LogP contribution in [0, 0.1) is 0 Å². The summed E-state index contributed by atoms with van der Waals surface area (Å²) in [6.45, 7) is 6.42. The fourth-order valence-corrected chi connectivity index (χ4v) is 1.83. The van der Waals surface area contributed by atoms with Crippen molar-refractivity contribution >= 4 is 5.91 Å². The third-order valence-electron chi connectivity index (χ3n) is 2.84. The van der Waals surface area contributed by atoms with Crippen LogP contribution in [-0.4, -0.2) is 48.9 Å². The summed E-state index contributed by atoms with van der Waals surface area (Å²) in [4.78, 5) is 15.8. The van der Waals surface area contributed by atoms with Gasteiger partial charge in [-0.25, -0.2) is 0 Å². The maximum absolute atomic E-state index is 11.5. The lowest BCUT2D eigenvalue weighted by Gasteiger charge is -2.21. The minimum absolute atomic E-state index is 0.284. The minimum Gasteiger partial charge on any atom is -0.344 e. The number of nitrogens with zero attached hydrogens (tertiary/aromatic N) is 2. The summed E-state index contributed by atoms with van der Waals surface area (Å²) in [7, 11) is 1.91. The van der Waals surface area contributed by atoms with Gasteiger partial charge in [-0.15, -0.1) is 0 Å². The first kappa shape index (κ1) is 11.5. The predicted octanol–water partition coefficient (Wildman–Crippen LogP) is 1.34. The Hall–Kier alpha value is -0.570. The molecule has 0 N–H and O–H groups in total. The summed E-state index contributed by atoms with van der Waals surface area (Å²) >= 11 is 0. The topological polar surface area (TPSA) is 23.6 Å². The van der Waals surface area contributed by atoms with Crippen LogP contribution in [0.2, 0.25) is 0 Å². The summed E-state index contributed by atoms with van der Waals surface area (Å²) in [5.74, 6) is 0.284. The molecule has 0 unspecified atom stereocenters. The Kier molecular flexibility index (Phi) is 4.94. The second-order valence-electron chi connectivity index (χ2n) is 4.11. The zero-order valence-electron chi connectivity index (χ0n) is 9.46. The van der Waals surface area contributed by atoms with Crippen molar-refractivity contribution in [3.8, 4) is 0 Å². The fourth-order valence-electron chi connectivity index (χ4n) is 1.83. The van der Waals surface area contributed by atoms with Gasteiger partial charge in [0, 0.05) is 26.6 Å². The van der Waals surface area contributed by atoms with E-state index in [0.29, 0.717) is 6.42 Å². The first-order valence-corrected chi connectivity index (χ1v) is 5.70. The molecule has 1 fully saturated rings. The van der Waals surface area contributed by atoms with Gasteiger partial charge in [0.15, 0.2) is 0 Å². The highest BCUT2D eigenvalue weighted by Gasteiger charge is 2.13. The zero-order valence-corrected chi connectivity index (χ0v) is 9.46. The number of likely N-dealkylation sites (N-methyl/N-ethyl adjacent to an activating group) is 1. The minimum atomic E-state index is 0.284. The molecule has 3 heteroatoms. The average molecular weight is 198 g/mol. The molecule has 0 aromatic carbocycles. The monoisotopic (exact) mass is 198 g/mol. The van der Waals surface area contributed by atoms with E-state index in [1.165, 1.54) is 25.9 Å². The average Bonchev–Trinajstić information content (AvgIpc) is 2.67. The second kappa shape index (κ2) is 6.02. The van der Waals surface area contributed by atoms with Crippen molar-refractivity contribution in [3.63, 3.8) is 0 Å². The largest absolute Gasteiger partial charge is 0.344 e. The molecule has 3 nitrogen and oxygen atoms in total. The maximum Gasteiger partial charge on any atom is 0.222 e. The standard InChI is InChI=1S/C11H22N2O/c1-3-6-11(14)12(2)9-10-13-7-4-5-8-13/h3-10H2,1-2H3. The van der Waals surface area contributed by atoms with E-state index in [4.69, 9.17) is 0 Å². The third-order valence-corrected chi connectivity index (χ3v) is 2.84. The van der Waals surface area contributed by atoms with Crippen LogP contribution < -0.4 is 0 Å². The number of amides is 1. The molecule has 0 aliphatic carbocycles. The molecule has 1 aliphatic heterocycles. The molecule has 1 aliphatic rings. The highest BCUT2D eigenvalue weighted by Crippen LogP contribution is 2.06. The van der Waals surface area contributed by atoms with E-state index in [0.717, 1.165) is 19.5 Å². The highest BCUT2D eigenvalue weighted by molar-refractivity contribution is 5.75. The second-order valence-corrected chi connectivity index (χ2v) is 4.11. The molecule has 0 saturated carbocycles. The van der Waals surface area contributed by atoms with E-state index in [2.05, 4.69) is 4.90 Å². The van der Waals surface area contributed by atoms with Crippen molar-refractivity contribution in [2.75, 3.05) is 33.2 Å². The van der Waals surface area contributed by atoms with E-state index in [1.807, 2.05) is 18.9 Å². The molecule has 1 heterocycles. The number of carbonyl (C=O) groups excluding carboxylic acids is 1. The summed E-state index contributed by atoms with van der Waals surface area (Å²) < 4.78 is 0.